The normalized spacial score (nSPS) is 29.9. The van der Waals surface area contributed by atoms with Crippen molar-refractivity contribution in [3.8, 4) is 5.75 Å². The summed E-state index contributed by atoms with van der Waals surface area (Å²) in [5.41, 5.74) is 0. The Bertz CT molecular complexity index is 434. The average molecular weight is 261 g/mol. The maximum atomic E-state index is 12.3. The van der Waals surface area contributed by atoms with Crippen LogP contribution in [0.25, 0.3) is 0 Å². The van der Waals surface area contributed by atoms with Crippen molar-refractivity contribution in [1.29, 1.82) is 0 Å². The Kier molecular flexibility index (Phi) is 3.42. The molecule has 1 N–H and O–H groups in total. The van der Waals surface area contributed by atoms with Gasteiger partial charge in [0, 0.05) is 12.1 Å². The van der Waals surface area contributed by atoms with Crippen molar-refractivity contribution in [3.63, 3.8) is 0 Å². The highest BCUT2D eigenvalue weighted by Crippen LogP contribution is 2.34. The van der Waals surface area contributed by atoms with Crippen molar-refractivity contribution < 1.29 is 14.6 Å². The molecule has 0 aromatic heterocycles. The number of carbonyl (C=O) groups is 1. The summed E-state index contributed by atoms with van der Waals surface area (Å²) in [4.78, 5) is 14.2. The first-order valence-electron chi connectivity index (χ1n) is 6.97. The van der Waals surface area contributed by atoms with E-state index in [1.807, 2.05) is 23.1 Å². The first-order valence-corrected chi connectivity index (χ1v) is 6.97. The summed E-state index contributed by atoms with van der Waals surface area (Å²) >= 11 is 0. The highest BCUT2D eigenvalue weighted by atomic mass is 16.6. The smallest absolute Gasteiger partial charge is 0.410 e. The molecule has 19 heavy (non-hydrogen) atoms. The van der Waals surface area contributed by atoms with Gasteiger partial charge in [-0.2, -0.15) is 0 Å². The van der Waals surface area contributed by atoms with Crippen LogP contribution in [0.5, 0.6) is 5.75 Å². The molecule has 2 fully saturated rings. The Hall–Kier alpha value is -1.55. The molecule has 0 spiro atoms. The van der Waals surface area contributed by atoms with E-state index in [1.54, 1.807) is 12.1 Å². The van der Waals surface area contributed by atoms with Crippen LogP contribution in [0.3, 0.4) is 0 Å². The molecular formula is C15H19NO3. The summed E-state index contributed by atoms with van der Waals surface area (Å²) in [5, 5.41) is 9.83. The van der Waals surface area contributed by atoms with Gasteiger partial charge in [-0.05, 0) is 44.2 Å². The third kappa shape index (κ3) is 2.59. The van der Waals surface area contributed by atoms with Gasteiger partial charge in [0.25, 0.3) is 0 Å². The van der Waals surface area contributed by atoms with E-state index in [0.29, 0.717) is 18.6 Å². The molecule has 2 heterocycles. The van der Waals surface area contributed by atoms with Crippen LogP contribution in [0.1, 0.15) is 32.1 Å². The highest BCUT2D eigenvalue weighted by Gasteiger charge is 2.41. The van der Waals surface area contributed by atoms with Gasteiger partial charge < -0.3 is 14.7 Å². The summed E-state index contributed by atoms with van der Waals surface area (Å²) in [7, 11) is 0. The summed E-state index contributed by atoms with van der Waals surface area (Å²) in [6.45, 7) is 0. The molecule has 2 aliphatic rings. The first-order chi connectivity index (χ1) is 9.24. The molecule has 3 rings (SSSR count). The number of ether oxygens (including phenoxy) is 1. The number of fused-ring (bicyclic) bond motifs is 2. The lowest BCUT2D eigenvalue weighted by atomic mass is 9.83. The molecule has 2 bridgehead atoms. The minimum absolute atomic E-state index is 0.138. The van der Waals surface area contributed by atoms with Crippen LogP contribution in [0, 0.1) is 0 Å². The molecule has 1 unspecified atom stereocenters. The van der Waals surface area contributed by atoms with E-state index >= 15 is 0 Å². The van der Waals surface area contributed by atoms with Gasteiger partial charge in [-0.25, -0.2) is 4.79 Å². The molecule has 2 saturated heterocycles. The number of carbonyl (C=O) groups excluding carboxylic acids is 1. The van der Waals surface area contributed by atoms with Gasteiger partial charge in [0.2, 0.25) is 0 Å². The molecule has 0 saturated carbocycles. The fourth-order valence-corrected chi connectivity index (χ4v) is 3.29. The molecule has 3 atom stereocenters. The van der Waals surface area contributed by atoms with Crippen molar-refractivity contribution in [2.24, 2.45) is 0 Å². The van der Waals surface area contributed by atoms with Crippen LogP contribution in [-0.4, -0.2) is 34.3 Å². The number of nitrogens with zero attached hydrogens (tertiary/aromatic N) is 1. The Morgan fingerprint density at radius 3 is 2.42 bits per heavy atom. The minimum Gasteiger partial charge on any atom is -0.410 e. The zero-order chi connectivity index (χ0) is 13.2. The van der Waals surface area contributed by atoms with Crippen molar-refractivity contribution in [3.05, 3.63) is 30.3 Å². The van der Waals surface area contributed by atoms with Gasteiger partial charge in [-0.15, -0.1) is 0 Å². The number of hydrogen-bond acceptors (Lipinski definition) is 3. The third-order valence-electron chi connectivity index (χ3n) is 4.11. The fraction of sp³-hybridized carbons (Fsp3) is 0.533. The van der Waals surface area contributed by atoms with Gasteiger partial charge in [-0.1, -0.05) is 18.2 Å². The number of benzene rings is 1. The number of hydrogen-bond donors (Lipinski definition) is 1. The van der Waals surface area contributed by atoms with Crippen LogP contribution in [0.15, 0.2) is 30.3 Å². The summed E-state index contributed by atoms with van der Waals surface area (Å²) in [6, 6.07) is 9.44. The second kappa shape index (κ2) is 5.21. The molecule has 4 heteroatoms. The van der Waals surface area contributed by atoms with E-state index < -0.39 is 0 Å². The van der Waals surface area contributed by atoms with Gasteiger partial charge in [0.1, 0.15) is 5.75 Å². The predicted molar refractivity (Wildman–Crippen MR) is 71.0 cm³/mol. The van der Waals surface area contributed by atoms with E-state index in [0.717, 1.165) is 19.3 Å². The van der Waals surface area contributed by atoms with Crippen LogP contribution < -0.4 is 4.74 Å². The minimum atomic E-state index is -0.271. The molecule has 0 radical (unpaired) electrons. The van der Waals surface area contributed by atoms with Gasteiger partial charge in [-0.3, -0.25) is 0 Å². The molecule has 2 aliphatic heterocycles. The van der Waals surface area contributed by atoms with E-state index in [9.17, 15) is 9.90 Å². The highest BCUT2D eigenvalue weighted by molar-refractivity contribution is 5.71. The fourth-order valence-electron chi connectivity index (χ4n) is 3.29. The van der Waals surface area contributed by atoms with Crippen molar-refractivity contribution in [2.45, 2.75) is 50.3 Å². The molecule has 102 valence electrons. The topological polar surface area (TPSA) is 49.8 Å². The van der Waals surface area contributed by atoms with Crippen LogP contribution in [-0.2, 0) is 0 Å². The predicted octanol–water partition coefficient (Wildman–Crippen LogP) is 2.56. The Labute approximate surface area is 113 Å². The van der Waals surface area contributed by atoms with Crippen LogP contribution >= 0.6 is 0 Å². The van der Waals surface area contributed by atoms with Crippen molar-refractivity contribution >= 4 is 6.09 Å². The Balaban J connectivity index is 1.72. The lowest BCUT2D eigenvalue weighted by molar-refractivity contribution is -0.0126. The second-order valence-corrected chi connectivity index (χ2v) is 5.45. The number of amides is 1. The van der Waals surface area contributed by atoms with Crippen molar-refractivity contribution in [2.75, 3.05) is 0 Å². The van der Waals surface area contributed by atoms with E-state index in [4.69, 9.17) is 4.74 Å². The average Bonchev–Trinajstić information content (AvgIpc) is 2.38. The van der Waals surface area contributed by atoms with E-state index in [1.165, 1.54) is 0 Å². The molecule has 1 amide bonds. The summed E-state index contributed by atoms with van der Waals surface area (Å²) < 4.78 is 5.43. The maximum absolute atomic E-state index is 12.3. The quantitative estimate of drug-likeness (QED) is 0.845. The maximum Gasteiger partial charge on any atom is 0.415 e. The number of rotatable bonds is 1. The standard InChI is InChI=1S/C15H19NO3/c17-13-9-11-5-4-6-12(10-13)16(11)15(18)19-14-7-2-1-3-8-14/h1-3,7-8,11-13,17H,4-6,9-10H2/t11-,12+,13?. The number of piperidine rings is 2. The van der Waals surface area contributed by atoms with Gasteiger partial charge >= 0.3 is 6.09 Å². The summed E-state index contributed by atoms with van der Waals surface area (Å²) in [6.07, 6.45) is 3.90. The largest absolute Gasteiger partial charge is 0.415 e. The zero-order valence-electron chi connectivity index (χ0n) is 10.9. The Morgan fingerprint density at radius 2 is 1.79 bits per heavy atom. The monoisotopic (exact) mass is 261 g/mol. The number of aliphatic hydroxyl groups excluding tert-OH is 1. The lowest BCUT2D eigenvalue weighted by Crippen LogP contribution is -2.56. The second-order valence-electron chi connectivity index (χ2n) is 5.45. The van der Waals surface area contributed by atoms with E-state index in [-0.39, 0.29) is 24.3 Å². The zero-order valence-corrected chi connectivity index (χ0v) is 10.9. The first kappa shape index (κ1) is 12.5. The molecule has 1 aromatic rings. The Morgan fingerprint density at radius 1 is 1.16 bits per heavy atom. The number of para-hydroxylation sites is 1. The summed E-state index contributed by atoms with van der Waals surface area (Å²) in [5.74, 6) is 0.580. The van der Waals surface area contributed by atoms with Gasteiger partial charge in [0.15, 0.2) is 0 Å². The van der Waals surface area contributed by atoms with Crippen LogP contribution in [0.4, 0.5) is 4.79 Å². The lowest BCUT2D eigenvalue weighted by Gasteiger charge is -2.46. The van der Waals surface area contributed by atoms with Crippen LogP contribution in [0.2, 0.25) is 0 Å². The SMILES string of the molecule is O=C(Oc1ccccc1)N1[C@@H]2CCC[C@H]1CC(O)C2. The molecular weight excluding hydrogens is 242 g/mol. The van der Waals surface area contributed by atoms with E-state index in [2.05, 4.69) is 0 Å². The molecule has 1 aromatic carbocycles. The molecule has 0 aliphatic carbocycles. The van der Waals surface area contributed by atoms with Crippen molar-refractivity contribution in [1.82, 2.24) is 4.90 Å². The molecule has 4 nitrogen and oxygen atoms in total. The number of aliphatic hydroxyl groups is 1. The van der Waals surface area contributed by atoms with Gasteiger partial charge in [0.05, 0.1) is 6.10 Å². The third-order valence-corrected chi connectivity index (χ3v) is 4.11.